The Bertz CT molecular complexity index is 676. The summed E-state index contributed by atoms with van der Waals surface area (Å²) in [5.74, 6) is 0.738. The molecular formula is C20H28N4O. The molecule has 1 saturated carbocycles. The summed E-state index contributed by atoms with van der Waals surface area (Å²) in [7, 11) is 3.74. The van der Waals surface area contributed by atoms with Gasteiger partial charge in [0, 0.05) is 38.4 Å². The lowest BCUT2D eigenvalue weighted by molar-refractivity contribution is -0.129. The van der Waals surface area contributed by atoms with Crippen LogP contribution in [0.2, 0.25) is 0 Å². The summed E-state index contributed by atoms with van der Waals surface area (Å²) in [4.78, 5) is 14.3. The molecule has 1 aromatic carbocycles. The van der Waals surface area contributed by atoms with Gasteiger partial charge in [-0.1, -0.05) is 43.2 Å². The summed E-state index contributed by atoms with van der Waals surface area (Å²) in [5, 5.41) is 7.70. The number of nitrogens with one attached hydrogen (secondary N) is 1. The number of likely N-dealkylation sites (N-methyl/N-ethyl adjacent to an activating group) is 1. The Kier molecular flexibility index (Phi) is 5.87. The molecular weight excluding hydrogens is 312 g/mol. The number of hydrogen-bond donors (Lipinski definition) is 1. The second-order valence-corrected chi connectivity index (χ2v) is 7.09. The van der Waals surface area contributed by atoms with E-state index in [1.807, 2.05) is 32.6 Å². The first-order valence-electron chi connectivity index (χ1n) is 9.13. The Morgan fingerprint density at radius 2 is 2.04 bits per heavy atom. The highest BCUT2D eigenvalue weighted by molar-refractivity contribution is 5.78. The van der Waals surface area contributed by atoms with Crippen LogP contribution in [0.5, 0.6) is 0 Å². The lowest BCUT2D eigenvalue weighted by atomic mass is 9.91. The van der Waals surface area contributed by atoms with Crippen LogP contribution in [-0.4, -0.2) is 34.2 Å². The van der Waals surface area contributed by atoms with E-state index in [2.05, 4.69) is 34.7 Å². The molecule has 5 nitrogen and oxygen atoms in total. The lowest BCUT2D eigenvalue weighted by Gasteiger charge is -2.26. The smallest absolute Gasteiger partial charge is 0.236 e. The molecule has 0 saturated heterocycles. The van der Waals surface area contributed by atoms with Crippen LogP contribution in [-0.2, 0) is 18.4 Å². The van der Waals surface area contributed by atoms with Crippen LogP contribution in [0.4, 0.5) is 0 Å². The van der Waals surface area contributed by atoms with Gasteiger partial charge in [-0.15, -0.1) is 0 Å². The zero-order chi connectivity index (χ0) is 17.6. The summed E-state index contributed by atoms with van der Waals surface area (Å²) < 4.78 is 1.76. The highest BCUT2D eigenvalue weighted by Gasteiger charge is 2.26. The van der Waals surface area contributed by atoms with Crippen molar-refractivity contribution in [1.29, 1.82) is 0 Å². The summed E-state index contributed by atoms with van der Waals surface area (Å²) >= 11 is 0. The number of aryl methyl sites for hydroxylation is 1. The first-order chi connectivity index (χ1) is 12.1. The van der Waals surface area contributed by atoms with Crippen LogP contribution < -0.4 is 5.32 Å². The van der Waals surface area contributed by atoms with Crippen molar-refractivity contribution in [3.63, 3.8) is 0 Å². The quantitative estimate of drug-likeness (QED) is 0.843. The van der Waals surface area contributed by atoms with Crippen molar-refractivity contribution in [2.75, 3.05) is 13.6 Å². The van der Waals surface area contributed by atoms with E-state index in [-0.39, 0.29) is 11.9 Å². The number of carbonyl (C=O) groups is 1. The normalized spacial score (nSPS) is 16.1. The fourth-order valence-electron chi connectivity index (χ4n) is 3.76. The van der Waals surface area contributed by atoms with Crippen molar-refractivity contribution in [3.8, 4) is 0 Å². The first-order valence-corrected chi connectivity index (χ1v) is 9.13. The van der Waals surface area contributed by atoms with Gasteiger partial charge >= 0.3 is 0 Å². The van der Waals surface area contributed by atoms with E-state index in [1.54, 1.807) is 9.58 Å². The van der Waals surface area contributed by atoms with Gasteiger partial charge in [0.1, 0.15) is 0 Å². The Morgan fingerprint density at radius 3 is 2.68 bits per heavy atom. The highest BCUT2D eigenvalue weighted by Crippen LogP contribution is 2.35. The second-order valence-electron chi connectivity index (χ2n) is 7.09. The third-order valence-electron chi connectivity index (χ3n) is 5.11. The molecule has 134 valence electrons. The molecule has 0 unspecified atom stereocenters. The minimum absolute atomic E-state index is 0.114. The van der Waals surface area contributed by atoms with E-state index in [4.69, 9.17) is 0 Å². The Labute approximate surface area is 150 Å². The Morgan fingerprint density at radius 1 is 1.32 bits per heavy atom. The summed E-state index contributed by atoms with van der Waals surface area (Å²) in [6, 6.07) is 10.8. The standard InChI is InChI=1S/C20H28N4O/c1-23(14-16-12-22-24(2)15-16)19(25)13-21-20(18-10-6-7-11-18)17-8-4-3-5-9-17/h3-5,8-9,12,15,18,20-21H,6-7,10-11,13-14H2,1-2H3/t20-/m0/s1. The molecule has 1 aliphatic carbocycles. The molecule has 0 radical (unpaired) electrons. The van der Waals surface area contributed by atoms with Crippen molar-refractivity contribution in [3.05, 3.63) is 53.9 Å². The number of nitrogens with zero attached hydrogens (tertiary/aromatic N) is 3. The SMILES string of the molecule is CN(Cc1cnn(C)c1)C(=O)CN[C@@H](c1ccccc1)C1CCCC1. The van der Waals surface area contributed by atoms with Crippen molar-refractivity contribution in [2.45, 2.75) is 38.3 Å². The van der Waals surface area contributed by atoms with Crippen LogP contribution in [0.15, 0.2) is 42.7 Å². The molecule has 0 spiro atoms. The van der Waals surface area contributed by atoms with Gasteiger partial charge in [-0.05, 0) is 24.3 Å². The minimum atomic E-state index is 0.114. The van der Waals surface area contributed by atoms with Crippen LogP contribution >= 0.6 is 0 Å². The minimum Gasteiger partial charge on any atom is -0.340 e. The van der Waals surface area contributed by atoms with Gasteiger partial charge in [0.2, 0.25) is 5.91 Å². The predicted octanol–water partition coefficient (Wildman–Crippen LogP) is 2.90. The maximum Gasteiger partial charge on any atom is 0.236 e. The van der Waals surface area contributed by atoms with Crippen LogP contribution in [0.25, 0.3) is 0 Å². The molecule has 1 aromatic heterocycles. The zero-order valence-corrected chi connectivity index (χ0v) is 15.2. The molecule has 3 rings (SSSR count). The van der Waals surface area contributed by atoms with Crippen molar-refractivity contribution < 1.29 is 4.79 Å². The third-order valence-corrected chi connectivity index (χ3v) is 5.11. The average molecular weight is 340 g/mol. The Hall–Kier alpha value is -2.14. The molecule has 1 heterocycles. The van der Waals surface area contributed by atoms with Crippen molar-refractivity contribution in [1.82, 2.24) is 20.0 Å². The van der Waals surface area contributed by atoms with E-state index in [9.17, 15) is 4.79 Å². The molecule has 25 heavy (non-hydrogen) atoms. The van der Waals surface area contributed by atoms with Gasteiger partial charge in [0.05, 0.1) is 12.7 Å². The van der Waals surface area contributed by atoms with E-state index >= 15 is 0 Å². The number of aromatic nitrogens is 2. The topological polar surface area (TPSA) is 50.2 Å². The molecule has 1 atom stereocenters. The van der Waals surface area contributed by atoms with Crippen LogP contribution in [0, 0.1) is 5.92 Å². The molecule has 1 N–H and O–H groups in total. The summed E-state index contributed by atoms with van der Waals surface area (Å²) in [6.07, 6.45) is 8.83. The van der Waals surface area contributed by atoms with Gasteiger partial charge in [-0.2, -0.15) is 5.10 Å². The molecule has 2 aromatic rings. The molecule has 5 heteroatoms. The number of carbonyl (C=O) groups excluding carboxylic acids is 1. The maximum absolute atomic E-state index is 12.5. The molecule has 1 amide bonds. The van der Waals surface area contributed by atoms with Crippen LogP contribution in [0.3, 0.4) is 0 Å². The molecule has 1 fully saturated rings. The lowest BCUT2D eigenvalue weighted by Crippen LogP contribution is -2.38. The largest absolute Gasteiger partial charge is 0.340 e. The van der Waals surface area contributed by atoms with E-state index in [0.717, 1.165) is 5.56 Å². The third kappa shape index (κ3) is 4.69. The highest BCUT2D eigenvalue weighted by atomic mass is 16.2. The maximum atomic E-state index is 12.5. The molecule has 0 bridgehead atoms. The first kappa shape index (κ1) is 17.7. The fraction of sp³-hybridized carbons (Fsp3) is 0.500. The number of amides is 1. The van der Waals surface area contributed by atoms with Crippen molar-refractivity contribution >= 4 is 5.91 Å². The van der Waals surface area contributed by atoms with Crippen molar-refractivity contribution in [2.24, 2.45) is 13.0 Å². The molecule has 1 aliphatic rings. The predicted molar refractivity (Wildman–Crippen MR) is 98.8 cm³/mol. The second kappa shape index (κ2) is 8.30. The number of benzene rings is 1. The monoisotopic (exact) mass is 340 g/mol. The fourth-order valence-corrected chi connectivity index (χ4v) is 3.76. The van der Waals surface area contributed by atoms with E-state index in [1.165, 1.54) is 31.2 Å². The Balaban J connectivity index is 1.59. The van der Waals surface area contributed by atoms with Gasteiger partial charge < -0.3 is 10.2 Å². The van der Waals surface area contributed by atoms with Crippen LogP contribution in [0.1, 0.15) is 42.9 Å². The average Bonchev–Trinajstić information content (AvgIpc) is 3.28. The number of rotatable bonds is 7. The van der Waals surface area contributed by atoms with E-state index < -0.39 is 0 Å². The van der Waals surface area contributed by atoms with Gasteiger partial charge in [-0.25, -0.2) is 0 Å². The summed E-state index contributed by atoms with van der Waals surface area (Å²) in [6.45, 7) is 0.959. The van der Waals surface area contributed by atoms with Gasteiger partial charge in [0.25, 0.3) is 0 Å². The van der Waals surface area contributed by atoms with E-state index in [0.29, 0.717) is 19.0 Å². The van der Waals surface area contributed by atoms with Gasteiger partial charge in [-0.3, -0.25) is 9.48 Å². The zero-order valence-electron chi connectivity index (χ0n) is 15.2. The van der Waals surface area contributed by atoms with Gasteiger partial charge in [0.15, 0.2) is 0 Å². The summed E-state index contributed by atoms with van der Waals surface area (Å²) in [5.41, 5.74) is 2.34. The number of hydrogen-bond acceptors (Lipinski definition) is 3. The molecule has 0 aliphatic heterocycles.